The maximum Gasteiger partial charge on any atom is 0.573 e. The van der Waals surface area contributed by atoms with Gasteiger partial charge < -0.3 is 15.2 Å². The molecule has 2 heterocycles. The number of nitrogens with zero attached hydrogens (tertiary/aromatic N) is 3. The van der Waals surface area contributed by atoms with Crippen molar-refractivity contribution in [2.45, 2.75) is 62.9 Å². The van der Waals surface area contributed by atoms with Gasteiger partial charge in [-0.05, 0) is 54.7 Å². The zero-order valence-corrected chi connectivity index (χ0v) is 29.9. The number of carbonyl (C=O) groups is 1. The maximum atomic E-state index is 13.1. The smallest absolute Gasteiger partial charge is 0.406 e. The molecule has 1 fully saturated rings. The van der Waals surface area contributed by atoms with E-state index in [0.29, 0.717) is 29.0 Å². The van der Waals surface area contributed by atoms with E-state index in [1.165, 1.54) is 35.6 Å². The number of benzene rings is 3. The predicted octanol–water partition coefficient (Wildman–Crippen LogP) is 5.04. The van der Waals surface area contributed by atoms with Crippen LogP contribution in [0.3, 0.4) is 0 Å². The summed E-state index contributed by atoms with van der Waals surface area (Å²) in [4.78, 5) is 34.5. The Labute approximate surface area is 303 Å². The molecule has 0 bridgehead atoms. The summed E-state index contributed by atoms with van der Waals surface area (Å²) in [5, 5.41) is 21.0. The third kappa shape index (κ3) is 10.4. The maximum absolute atomic E-state index is 13.1. The molecule has 1 amide bonds. The van der Waals surface area contributed by atoms with Gasteiger partial charge in [0.25, 0.3) is 5.91 Å². The highest BCUT2D eigenvalue weighted by molar-refractivity contribution is 7.90. The molecule has 1 saturated heterocycles. The van der Waals surface area contributed by atoms with E-state index in [9.17, 15) is 36.3 Å². The van der Waals surface area contributed by atoms with Crippen molar-refractivity contribution in [3.05, 3.63) is 117 Å². The highest BCUT2D eigenvalue weighted by Crippen LogP contribution is 2.48. The summed E-state index contributed by atoms with van der Waals surface area (Å²) >= 11 is 1.39. The number of isocyanates is 1. The van der Waals surface area contributed by atoms with Crippen LogP contribution in [0.1, 0.15) is 56.3 Å². The number of alkyl halides is 3. The monoisotopic (exact) mass is 757 g/mol. The highest BCUT2D eigenvalue weighted by Gasteiger charge is 2.49. The summed E-state index contributed by atoms with van der Waals surface area (Å²) in [7, 11) is -3.47. The summed E-state index contributed by atoms with van der Waals surface area (Å²) in [6.07, 6.45) is -2.90. The third-order valence-corrected chi connectivity index (χ3v) is 10.4. The van der Waals surface area contributed by atoms with Gasteiger partial charge in [-0.1, -0.05) is 60.7 Å². The Morgan fingerprint density at radius 3 is 2.50 bits per heavy atom. The minimum Gasteiger partial charge on any atom is -0.406 e. The van der Waals surface area contributed by atoms with Gasteiger partial charge in [0, 0.05) is 54.1 Å². The van der Waals surface area contributed by atoms with Gasteiger partial charge in [0.05, 0.1) is 18.0 Å². The van der Waals surface area contributed by atoms with Crippen molar-refractivity contribution in [2.24, 2.45) is 4.99 Å². The van der Waals surface area contributed by atoms with Crippen LogP contribution < -0.4 is 15.4 Å². The highest BCUT2D eigenvalue weighted by atomic mass is 32.2. The Morgan fingerprint density at radius 2 is 1.83 bits per heavy atom. The number of sulfone groups is 1. The van der Waals surface area contributed by atoms with Crippen LogP contribution >= 0.6 is 11.3 Å². The van der Waals surface area contributed by atoms with Gasteiger partial charge >= 0.3 is 6.36 Å². The number of aliphatic hydroxyl groups is 1. The summed E-state index contributed by atoms with van der Waals surface area (Å²) in [5.74, 6) is -1.49. The second-order valence-corrected chi connectivity index (χ2v) is 15.6. The van der Waals surface area contributed by atoms with E-state index in [4.69, 9.17) is 4.98 Å². The first-order chi connectivity index (χ1) is 24.7. The molecule has 0 spiro atoms. The molecule has 1 aliphatic heterocycles. The molecule has 3 N–H and O–H groups in total. The van der Waals surface area contributed by atoms with Crippen LogP contribution in [-0.4, -0.2) is 78.6 Å². The summed E-state index contributed by atoms with van der Waals surface area (Å²) in [6.45, 7) is 1.96. The fourth-order valence-electron chi connectivity index (χ4n) is 6.61. The van der Waals surface area contributed by atoms with Crippen LogP contribution in [-0.2, 0) is 27.6 Å². The second-order valence-electron chi connectivity index (χ2n) is 12.6. The summed E-state index contributed by atoms with van der Waals surface area (Å²) < 4.78 is 67.4. The van der Waals surface area contributed by atoms with Gasteiger partial charge in [0.1, 0.15) is 10.8 Å². The molecule has 3 aromatic carbocycles. The summed E-state index contributed by atoms with van der Waals surface area (Å²) in [6, 6.07) is 19.3. The molecule has 0 saturated carbocycles. The molecule has 5 rings (SSSR count). The van der Waals surface area contributed by atoms with Crippen LogP contribution in [0.25, 0.3) is 0 Å². The fraction of sp³-hybridized carbons (Fsp3) is 0.361. The SMILES string of the molecule is Cc1csc([C@H]2C(NCS(C)(=O)=O)CC(c3ccccc3C(=O)N=C=O)N2[C@@H](Cc2ccccc2)[C@H](O)CNCc2cccc(OC(F)(F)F)c2)n1. The lowest BCUT2D eigenvalue weighted by Crippen LogP contribution is -2.51. The number of rotatable bonds is 15. The third-order valence-electron chi connectivity index (χ3n) is 8.66. The molecule has 5 atom stereocenters. The van der Waals surface area contributed by atoms with Crippen LogP contribution in [0.2, 0.25) is 0 Å². The number of nitrogens with one attached hydrogen (secondary N) is 2. The topological polar surface area (TPSA) is 150 Å². The molecule has 0 radical (unpaired) electrons. The normalized spacial score (nSPS) is 19.2. The fourth-order valence-corrected chi connectivity index (χ4v) is 8.09. The van der Waals surface area contributed by atoms with Gasteiger partial charge in [-0.15, -0.1) is 29.5 Å². The molecule has 11 nitrogen and oxygen atoms in total. The summed E-state index contributed by atoms with van der Waals surface area (Å²) in [5.41, 5.74) is 2.81. The van der Waals surface area contributed by atoms with E-state index in [0.717, 1.165) is 17.5 Å². The van der Waals surface area contributed by atoms with Crippen molar-refractivity contribution in [1.29, 1.82) is 0 Å². The molecular formula is C36H38F3N5O6S2. The van der Waals surface area contributed by atoms with Crippen LogP contribution in [0.15, 0.2) is 89.2 Å². The Bertz CT molecular complexity index is 1990. The zero-order chi connectivity index (χ0) is 37.5. The Balaban J connectivity index is 1.57. The molecule has 52 heavy (non-hydrogen) atoms. The number of aliphatic hydroxyl groups excluding tert-OH is 1. The molecular weight excluding hydrogens is 720 g/mol. The molecule has 276 valence electrons. The van der Waals surface area contributed by atoms with E-state index < -0.39 is 52.4 Å². The predicted molar refractivity (Wildman–Crippen MR) is 189 cm³/mol. The largest absolute Gasteiger partial charge is 0.573 e. The van der Waals surface area contributed by atoms with E-state index in [1.54, 1.807) is 30.3 Å². The lowest BCUT2D eigenvalue weighted by Gasteiger charge is -2.40. The first-order valence-electron chi connectivity index (χ1n) is 16.3. The number of aliphatic imine (C=N–C) groups is 1. The molecule has 4 aromatic rings. The Kier molecular flexibility index (Phi) is 12.8. The molecule has 0 aliphatic carbocycles. The van der Waals surface area contributed by atoms with Crippen LogP contribution in [0.4, 0.5) is 13.2 Å². The zero-order valence-electron chi connectivity index (χ0n) is 28.3. The standard InChI is InChI=1S/C36H38F3N5O6S2/c1-23-20-51-35(43-23)33-29(42-22-52(2,48)49)17-30(27-13-6-7-14-28(27)34(47)41-21-45)44(33)31(16-24-9-4-3-5-10-24)32(46)19-40-18-25-11-8-12-26(15-25)50-36(37,38)39/h3-15,20,29-33,40,42,46H,16-19,22H2,1-2H3/t29?,30?,31-,32+,33+/m0/s1. The lowest BCUT2D eigenvalue weighted by atomic mass is 9.93. The molecule has 1 aromatic heterocycles. The number of halogens is 3. The van der Waals surface area contributed by atoms with Gasteiger partial charge in [-0.3, -0.25) is 15.0 Å². The number of likely N-dealkylation sites (tertiary alicyclic amines) is 1. The van der Waals surface area contributed by atoms with E-state index in [-0.39, 0.29) is 30.3 Å². The van der Waals surface area contributed by atoms with Crippen molar-refractivity contribution in [3.63, 3.8) is 0 Å². The van der Waals surface area contributed by atoms with E-state index in [1.807, 2.05) is 42.6 Å². The van der Waals surface area contributed by atoms with Gasteiger partial charge in [0.2, 0.25) is 6.08 Å². The van der Waals surface area contributed by atoms with Crippen molar-refractivity contribution < 1.29 is 41.0 Å². The lowest BCUT2D eigenvalue weighted by molar-refractivity contribution is -0.274. The Hall–Kier alpha value is -4.28. The number of thiazole rings is 1. The van der Waals surface area contributed by atoms with Gasteiger partial charge in [0.15, 0.2) is 9.84 Å². The first kappa shape index (κ1) is 38.9. The van der Waals surface area contributed by atoms with Crippen LogP contribution in [0.5, 0.6) is 5.75 Å². The number of amides is 1. The second kappa shape index (κ2) is 17.0. The van der Waals surface area contributed by atoms with Crippen LogP contribution in [0, 0.1) is 6.92 Å². The number of hydrogen-bond donors (Lipinski definition) is 3. The number of hydrogen-bond acceptors (Lipinski definition) is 11. The van der Waals surface area contributed by atoms with Crippen molar-refractivity contribution in [3.8, 4) is 5.75 Å². The average molecular weight is 758 g/mol. The number of aromatic nitrogens is 1. The quantitative estimate of drug-likeness (QED) is 0.111. The van der Waals surface area contributed by atoms with Gasteiger partial charge in [-0.25, -0.2) is 18.2 Å². The molecule has 16 heteroatoms. The number of aryl methyl sites for hydroxylation is 1. The van der Waals surface area contributed by atoms with Crippen molar-refractivity contribution in [1.82, 2.24) is 20.5 Å². The van der Waals surface area contributed by atoms with Crippen molar-refractivity contribution in [2.75, 3.05) is 18.7 Å². The molecule has 1 aliphatic rings. The average Bonchev–Trinajstić information content (AvgIpc) is 3.69. The van der Waals surface area contributed by atoms with Gasteiger partial charge in [-0.2, -0.15) is 0 Å². The first-order valence-corrected chi connectivity index (χ1v) is 19.3. The van der Waals surface area contributed by atoms with E-state index in [2.05, 4.69) is 25.3 Å². The number of ether oxygens (including phenoxy) is 1. The minimum absolute atomic E-state index is 0.00609. The number of carbonyl (C=O) groups excluding carboxylic acids is 2. The van der Waals surface area contributed by atoms with Crippen molar-refractivity contribution >= 4 is 33.2 Å². The molecule has 2 unspecified atom stereocenters. The minimum atomic E-state index is -4.84. The van der Waals surface area contributed by atoms with E-state index >= 15 is 0 Å². The Morgan fingerprint density at radius 1 is 1.12 bits per heavy atom.